The van der Waals surface area contributed by atoms with Gasteiger partial charge in [0.05, 0.1) is 18.0 Å². The largest absolute Gasteiger partial charge is 0.457 e. The van der Waals surface area contributed by atoms with Gasteiger partial charge in [0.1, 0.15) is 11.4 Å². The predicted octanol–water partition coefficient (Wildman–Crippen LogP) is 5.32. The van der Waals surface area contributed by atoms with Gasteiger partial charge < -0.3 is 9.84 Å². The van der Waals surface area contributed by atoms with E-state index in [1.165, 1.54) is 23.9 Å². The van der Waals surface area contributed by atoms with Crippen molar-refractivity contribution in [2.45, 2.75) is 88.6 Å². The molecule has 1 N–H and O–H groups in total. The van der Waals surface area contributed by atoms with E-state index in [-0.39, 0.29) is 36.0 Å². The van der Waals surface area contributed by atoms with E-state index in [2.05, 4.69) is 4.98 Å². The smallest absolute Gasteiger partial charge is 0.327 e. The van der Waals surface area contributed by atoms with Crippen LogP contribution in [0.2, 0.25) is 0 Å². The molecular formula is C27H34FNO4S. The fourth-order valence-electron chi connectivity index (χ4n) is 4.22. The number of ketones is 1. The molecule has 5 nitrogen and oxygen atoms in total. The maximum absolute atomic E-state index is 13.3. The first-order valence-corrected chi connectivity index (χ1v) is 12.5. The summed E-state index contributed by atoms with van der Waals surface area (Å²) in [5.41, 5.74) is 1.85. The molecule has 0 radical (unpaired) electrons. The molecule has 2 aromatic rings. The minimum atomic E-state index is -0.958. The molecule has 2 heterocycles. The summed E-state index contributed by atoms with van der Waals surface area (Å²) in [4.78, 5) is 31.9. The summed E-state index contributed by atoms with van der Waals surface area (Å²) in [7, 11) is 0. The van der Waals surface area contributed by atoms with Crippen LogP contribution in [0.3, 0.4) is 0 Å². The molecule has 1 aliphatic heterocycles. The lowest BCUT2D eigenvalue weighted by Crippen LogP contribution is -2.52. The van der Waals surface area contributed by atoms with E-state index in [0.29, 0.717) is 18.5 Å². The predicted molar refractivity (Wildman–Crippen MR) is 131 cm³/mol. The van der Waals surface area contributed by atoms with Gasteiger partial charge in [0.15, 0.2) is 11.0 Å². The fraction of sp³-hybridized carbons (Fsp3) is 0.519. The van der Waals surface area contributed by atoms with E-state index in [1.807, 2.05) is 47.6 Å². The van der Waals surface area contributed by atoms with Crippen molar-refractivity contribution in [3.05, 3.63) is 58.7 Å². The van der Waals surface area contributed by atoms with Gasteiger partial charge in [-0.15, -0.1) is 11.8 Å². The molecule has 2 unspecified atom stereocenters. The lowest BCUT2D eigenvalue weighted by molar-refractivity contribution is -0.176. The van der Waals surface area contributed by atoms with Crippen LogP contribution < -0.4 is 0 Å². The van der Waals surface area contributed by atoms with Crippen molar-refractivity contribution in [3.8, 4) is 0 Å². The average Bonchev–Trinajstić information content (AvgIpc) is 2.75. The highest BCUT2D eigenvalue weighted by atomic mass is 32.2. The Kier molecular flexibility index (Phi) is 7.88. The summed E-state index contributed by atoms with van der Waals surface area (Å²) in [6.45, 7) is 11.6. The molecule has 1 fully saturated rings. The zero-order valence-corrected chi connectivity index (χ0v) is 21.6. The summed E-state index contributed by atoms with van der Waals surface area (Å²) in [6, 6.07) is 8.14. The Labute approximate surface area is 205 Å². The number of Topliss-reactive ketones (excluding diaryl/α,β-unsaturated/α-hetero) is 1. The van der Waals surface area contributed by atoms with Gasteiger partial charge in [0.2, 0.25) is 0 Å². The van der Waals surface area contributed by atoms with Crippen LogP contribution in [0.1, 0.15) is 70.0 Å². The molecule has 1 aromatic carbocycles. The van der Waals surface area contributed by atoms with Crippen LogP contribution in [0.15, 0.2) is 35.2 Å². The second kappa shape index (κ2) is 10.2. The highest BCUT2D eigenvalue weighted by Gasteiger charge is 2.49. The van der Waals surface area contributed by atoms with Gasteiger partial charge in [-0.2, -0.15) is 0 Å². The fourth-order valence-corrected chi connectivity index (χ4v) is 5.54. The van der Waals surface area contributed by atoms with Crippen LogP contribution in [-0.2, 0) is 32.8 Å². The number of pyridine rings is 1. The van der Waals surface area contributed by atoms with Crippen molar-refractivity contribution in [1.82, 2.24) is 4.98 Å². The SMILES string of the molecule is Cc1cc(SC2C(=O)CC(CCc3ccc(F)cc3)(C(C)C)OC2=O)c(C(C)(C)C)nc1CO. The first kappa shape index (κ1) is 26.4. The zero-order valence-electron chi connectivity index (χ0n) is 20.8. The number of esters is 1. The first-order chi connectivity index (χ1) is 15.9. The van der Waals surface area contributed by atoms with Gasteiger partial charge in [-0.25, -0.2) is 4.39 Å². The molecule has 0 saturated carbocycles. The summed E-state index contributed by atoms with van der Waals surface area (Å²) in [5, 5.41) is 8.69. The molecule has 1 saturated heterocycles. The van der Waals surface area contributed by atoms with Crippen LogP contribution in [0.4, 0.5) is 4.39 Å². The van der Waals surface area contributed by atoms with Gasteiger partial charge >= 0.3 is 5.97 Å². The van der Waals surface area contributed by atoms with E-state index in [9.17, 15) is 19.1 Å². The molecule has 0 spiro atoms. The van der Waals surface area contributed by atoms with Crippen LogP contribution in [0.5, 0.6) is 0 Å². The number of ether oxygens (including phenoxy) is 1. The molecule has 0 bridgehead atoms. The highest BCUT2D eigenvalue weighted by molar-refractivity contribution is 8.01. The van der Waals surface area contributed by atoms with Gasteiger partial charge in [-0.05, 0) is 55.0 Å². The van der Waals surface area contributed by atoms with E-state index in [4.69, 9.17) is 4.74 Å². The van der Waals surface area contributed by atoms with Gasteiger partial charge in [-0.3, -0.25) is 14.6 Å². The Morgan fingerprint density at radius 3 is 2.41 bits per heavy atom. The van der Waals surface area contributed by atoms with Crippen molar-refractivity contribution >= 4 is 23.5 Å². The number of aliphatic hydroxyl groups is 1. The number of carbonyl (C=O) groups excluding carboxylic acids is 2. The second-order valence-corrected chi connectivity index (χ2v) is 11.6. The van der Waals surface area contributed by atoms with Crippen LogP contribution in [-0.4, -0.2) is 32.7 Å². The molecular weight excluding hydrogens is 453 g/mol. The van der Waals surface area contributed by atoms with Crippen molar-refractivity contribution < 1.29 is 23.8 Å². The third-order valence-electron chi connectivity index (χ3n) is 6.47. The number of thioether (sulfide) groups is 1. The third-order valence-corrected chi connectivity index (χ3v) is 7.73. The molecule has 0 aliphatic carbocycles. The van der Waals surface area contributed by atoms with Crippen LogP contribution >= 0.6 is 11.8 Å². The number of aryl methyl sites for hydroxylation is 2. The lowest BCUT2D eigenvalue weighted by atomic mass is 9.78. The van der Waals surface area contributed by atoms with Crippen molar-refractivity contribution in [2.75, 3.05) is 0 Å². The Balaban J connectivity index is 1.84. The van der Waals surface area contributed by atoms with Gasteiger partial charge in [0, 0.05) is 16.7 Å². The number of hydrogen-bond donors (Lipinski definition) is 1. The number of cyclic esters (lactones) is 1. The van der Waals surface area contributed by atoms with Gasteiger partial charge in [0.25, 0.3) is 0 Å². The standard InChI is InChI=1S/C27H34FNO4S/c1-16(2)27(12-11-18-7-9-19(28)10-8-18)14-21(31)23(25(32)33-27)34-22-13-17(3)20(15-30)29-24(22)26(4,5)6/h7-10,13,16,23,30H,11-12,14-15H2,1-6H3. The average molecular weight is 488 g/mol. The number of carbonyl (C=O) groups is 2. The second-order valence-electron chi connectivity index (χ2n) is 10.4. The third kappa shape index (κ3) is 5.69. The lowest BCUT2D eigenvalue weighted by Gasteiger charge is -2.41. The van der Waals surface area contributed by atoms with E-state index < -0.39 is 16.8 Å². The quantitative estimate of drug-likeness (QED) is 0.421. The number of nitrogens with zero attached hydrogens (tertiary/aromatic N) is 1. The number of aromatic nitrogens is 1. The first-order valence-electron chi connectivity index (χ1n) is 11.6. The molecule has 7 heteroatoms. The highest BCUT2D eigenvalue weighted by Crippen LogP contribution is 2.42. The summed E-state index contributed by atoms with van der Waals surface area (Å²) in [5.74, 6) is -1.03. The number of hydrogen-bond acceptors (Lipinski definition) is 6. The summed E-state index contributed by atoms with van der Waals surface area (Å²) >= 11 is 1.19. The number of benzene rings is 1. The minimum absolute atomic E-state index is 0.0512. The Morgan fingerprint density at radius 1 is 1.24 bits per heavy atom. The summed E-state index contributed by atoms with van der Waals surface area (Å²) in [6.07, 6.45) is 1.21. The zero-order chi connectivity index (χ0) is 25.3. The van der Waals surface area contributed by atoms with E-state index in [0.717, 1.165) is 21.7 Å². The van der Waals surface area contributed by atoms with E-state index in [1.54, 1.807) is 12.1 Å². The minimum Gasteiger partial charge on any atom is -0.457 e. The Morgan fingerprint density at radius 2 is 1.88 bits per heavy atom. The molecule has 2 atom stereocenters. The normalized spacial score (nSPS) is 21.1. The van der Waals surface area contributed by atoms with E-state index >= 15 is 0 Å². The number of halogens is 1. The molecule has 34 heavy (non-hydrogen) atoms. The van der Waals surface area contributed by atoms with Crippen molar-refractivity contribution in [2.24, 2.45) is 5.92 Å². The summed E-state index contributed by atoms with van der Waals surface area (Å²) < 4.78 is 19.3. The van der Waals surface area contributed by atoms with Crippen LogP contribution in [0, 0.1) is 18.7 Å². The maximum Gasteiger partial charge on any atom is 0.327 e. The topological polar surface area (TPSA) is 76.5 Å². The molecule has 1 aliphatic rings. The van der Waals surface area contributed by atoms with Crippen LogP contribution in [0.25, 0.3) is 0 Å². The molecule has 3 rings (SSSR count). The Hall–Kier alpha value is -2.25. The maximum atomic E-state index is 13.3. The molecule has 184 valence electrons. The number of aliphatic hydroxyl groups excluding tert-OH is 1. The molecule has 0 amide bonds. The number of rotatable bonds is 7. The monoisotopic (exact) mass is 487 g/mol. The van der Waals surface area contributed by atoms with Gasteiger partial charge in [-0.1, -0.05) is 46.8 Å². The Bertz CT molecular complexity index is 1040. The van der Waals surface area contributed by atoms with Crippen molar-refractivity contribution in [1.29, 1.82) is 0 Å². The van der Waals surface area contributed by atoms with Crippen molar-refractivity contribution in [3.63, 3.8) is 0 Å². The molecule has 1 aromatic heterocycles.